The lowest BCUT2D eigenvalue weighted by Gasteiger charge is -2.22. The van der Waals surface area contributed by atoms with Gasteiger partial charge in [0.1, 0.15) is 0 Å². The van der Waals surface area contributed by atoms with Gasteiger partial charge in [0.2, 0.25) is 0 Å². The summed E-state index contributed by atoms with van der Waals surface area (Å²) in [7, 11) is 1.78. The standard InChI is InChI=1S/C24H19ClN2O/c1-27(18-12-6-3-7-13-18)24(28)23-21(16-25)26-20-15-9-8-14-19(20)22(23)17-10-4-2-5-11-17/h2-15H,16H2,1H3. The average molecular weight is 387 g/mol. The number of fused-ring (bicyclic) bond motifs is 1. The molecule has 0 atom stereocenters. The number of benzene rings is 3. The molecule has 0 spiro atoms. The van der Waals surface area contributed by atoms with E-state index in [0.29, 0.717) is 11.3 Å². The summed E-state index contributed by atoms with van der Waals surface area (Å²) in [5.74, 6) is 0.0351. The number of para-hydroxylation sites is 2. The Hall–Kier alpha value is -3.17. The van der Waals surface area contributed by atoms with Crippen LogP contribution in [0.3, 0.4) is 0 Å². The van der Waals surface area contributed by atoms with Crippen LogP contribution in [0.15, 0.2) is 84.9 Å². The first kappa shape index (κ1) is 18.2. The zero-order valence-corrected chi connectivity index (χ0v) is 16.2. The molecule has 0 aliphatic carbocycles. The predicted octanol–water partition coefficient (Wildman–Crippen LogP) is 5.92. The molecule has 1 aromatic heterocycles. The Kier molecular flexibility index (Phi) is 5.09. The van der Waals surface area contributed by atoms with Crippen LogP contribution in [0.5, 0.6) is 0 Å². The predicted molar refractivity (Wildman–Crippen MR) is 116 cm³/mol. The maximum atomic E-state index is 13.6. The number of hydrogen-bond acceptors (Lipinski definition) is 2. The van der Waals surface area contributed by atoms with Crippen LogP contribution >= 0.6 is 11.6 Å². The highest BCUT2D eigenvalue weighted by molar-refractivity contribution is 6.20. The summed E-state index contributed by atoms with van der Waals surface area (Å²) in [4.78, 5) is 19.9. The normalized spacial score (nSPS) is 10.8. The third kappa shape index (κ3) is 3.25. The van der Waals surface area contributed by atoms with E-state index in [4.69, 9.17) is 16.6 Å². The molecule has 1 heterocycles. The van der Waals surface area contributed by atoms with Crippen LogP contribution in [-0.2, 0) is 5.88 Å². The number of carbonyl (C=O) groups is 1. The molecule has 0 saturated heterocycles. The Morgan fingerprint density at radius 1 is 0.893 bits per heavy atom. The minimum atomic E-state index is -0.126. The third-order valence-corrected chi connectivity index (χ3v) is 5.07. The van der Waals surface area contributed by atoms with E-state index >= 15 is 0 Å². The van der Waals surface area contributed by atoms with Crippen molar-refractivity contribution in [3.05, 3.63) is 96.2 Å². The molecular formula is C24H19ClN2O. The van der Waals surface area contributed by atoms with E-state index in [1.54, 1.807) is 11.9 Å². The van der Waals surface area contributed by atoms with E-state index in [-0.39, 0.29) is 11.8 Å². The highest BCUT2D eigenvalue weighted by Gasteiger charge is 2.24. The van der Waals surface area contributed by atoms with Crippen molar-refractivity contribution in [3.63, 3.8) is 0 Å². The van der Waals surface area contributed by atoms with Crippen molar-refractivity contribution in [2.75, 3.05) is 11.9 Å². The van der Waals surface area contributed by atoms with E-state index in [0.717, 1.165) is 27.7 Å². The van der Waals surface area contributed by atoms with Gasteiger partial charge in [-0.3, -0.25) is 9.78 Å². The summed E-state index contributed by atoms with van der Waals surface area (Å²) in [5, 5.41) is 0.937. The van der Waals surface area contributed by atoms with Crippen LogP contribution in [0, 0.1) is 0 Å². The minimum absolute atomic E-state index is 0.126. The number of carbonyl (C=O) groups excluding carboxylic acids is 1. The summed E-state index contributed by atoms with van der Waals surface area (Å²) < 4.78 is 0. The van der Waals surface area contributed by atoms with Gasteiger partial charge in [0.15, 0.2) is 0 Å². The molecule has 138 valence electrons. The second-order valence-electron chi connectivity index (χ2n) is 6.53. The molecule has 0 radical (unpaired) electrons. The molecule has 0 unspecified atom stereocenters. The van der Waals surface area contributed by atoms with Crippen molar-refractivity contribution < 1.29 is 4.79 Å². The number of amides is 1. The number of pyridine rings is 1. The fourth-order valence-corrected chi connectivity index (χ4v) is 3.62. The van der Waals surface area contributed by atoms with Gasteiger partial charge in [-0.2, -0.15) is 0 Å². The van der Waals surface area contributed by atoms with E-state index in [1.807, 2.05) is 84.9 Å². The second-order valence-corrected chi connectivity index (χ2v) is 6.79. The molecule has 1 amide bonds. The van der Waals surface area contributed by atoms with Gasteiger partial charge in [-0.05, 0) is 23.8 Å². The van der Waals surface area contributed by atoms with Crippen LogP contribution < -0.4 is 4.90 Å². The summed E-state index contributed by atoms with van der Waals surface area (Å²) in [6, 6.07) is 27.4. The number of nitrogens with zero attached hydrogens (tertiary/aromatic N) is 2. The molecule has 0 fully saturated rings. The monoisotopic (exact) mass is 386 g/mol. The Labute approximate surface area is 169 Å². The van der Waals surface area contributed by atoms with Crippen LogP contribution in [-0.4, -0.2) is 17.9 Å². The molecule has 4 aromatic rings. The molecular weight excluding hydrogens is 368 g/mol. The van der Waals surface area contributed by atoms with Gasteiger partial charge in [0, 0.05) is 23.7 Å². The van der Waals surface area contributed by atoms with Crippen LogP contribution in [0.4, 0.5) is 5.69 Å². The Morgan fingerprint density at radius 2 is 1.50 bits per heavy atom. The number of hydrogen-bond donors (Lipinski definition) is 0. The van der Waals surface area contributed by atoms with Crippen LogP contribution in [0.2, 0.25) is 0 Å². The van der Waals surface area contributed by atoms with Crippen LogP contribution in [0.25, 0.3) is 22.0 Å². The number of halogens is 1. The van der Waals surface area contributed by atoms with Gasteiger partial charge in [-0.15, -0.1) is 11.6 Å². The zero-order valence-electron chi connectivity index (χ0n) is 15.5. The van der Waals surface area contributed by atoms with E-state index in [2.05, 4.69) is 0 Å². The molecule has 0 bridgehead atoms. The average Bonchev–Trinajstić information content (AvgIpc) is 2.77. The van der Waals surface area contributed by atoms with Gasteiger partial charge in [-0.1, -0.05) is 66.7 Å². The highest BCUT2D eigenvalue weighted by Crippen LogP contribution is 2.35. The molecule has 0 N–H and O–H groups in total. The Bertz CT molecular complexity index is 1130. The molecule has 28 heavy (non-hydrogen) atoms. The van der Waals surface area contributed by atoms with E-state index in [1.165, 1.54) is 0 Å². The summed E-state index contributed by atoms with van der Waals surface area (Å²) in [6.07, 6.45) is 0. The molecule has 3 nitrogen and oxygen atoms in total. The molecule has 0 saturated carbocycles. The lowest BCUT2D eigenvalue weighted by molar-refractivity contribution is 0.0992. The first-order chi connectivity index (χ1) is 13.7. The largest absolute Gasteiger partial charge is 0.311 e. The van der Waals surface area contributed by atoms with E-state index in [9.17, 15) is 4.79 Å². The Balaban J connectivity index is 2.00. The summed E-state index contributed by atoms with van der Waals surface area (Å²) in [6.45, 7) is 0. The van der Waals surface area contributed by atoms with Gasteiger partial charge in [-0.25, -0.2) is 0 Å². The highest BCUT2D eigenvalue weighted by atomic mass is 35.5. The van der Waals surface area contributed by atoms with E-state index < -0.39 is 0 Å². The first-order valence-electron chi connectivity index (χ1n) is 9.07. The van der Waals surface area contributed by atoms with Crippen molar-refractivity contribution in [2.24, 2.45) is 0 Å². The van der Waals surface area contributed by atoms with Crippen molar-refractivity contribution in [1.29, 1.82) is 0 Å². The number of alkyl halides is 1. The summed E-state index contributed by atoms with van der Waals surface area (Å²) in [5.41, 5.74) is 4.63. The quantitative estimate of drug-likeness (QED) is 0.408. The van der Waals surface area contributed by atoms with Crippen molar-refractivity contribution in [1.82, 2.24) is 4.98 Å². The van der Waals surface area contributed by atoms with Crippen LogP contribution in [0.1, 0.15) is 16.1 Å². The number of rotatable bonds is 4. The maximum absolute atomic E-state index is 13.6. The van der Waals surface area contributed by atoms with Gasteiger partial charge >= 0.3 is 0 Å². The fraction of sp³-hybridized carbons (Fsp3) is 0.0833. The number of anilines is 1. The van der Waals surface area contributed by atoms with Crippen molar-refractivity contribution >= 4 is 34.1 Å². The minimum Gasteiger partial charge on any atom is -0.311 e. The molecule has 0 aliphatic rings. The van der Waals surface area contributed by atoms with Gasteiger partial charge in [0.05, 0.1) is 22.7 Å². The second kappa shape index (κ2) is 7.83. The molecule has 4 rings (SSSR count). The number of aromatic nitrogens is 1. The smallest absolute Gasteiger partial charge is 0.260 e. The first-order valence-corrected chi connectivity index (χ1v) is 9.60. The Morgan fingerprint density at radius 3 is 2.18 bits per heavy atom. The van der Waals surface area contributed by atoms with Gasteiger partial charge in [0.25, 0.3) is 5.91 Å². The maximum Gasteiger partial charge on any atom is 0.260 e. The SMILES string of the molecule is CN(C(=O)c1c(CCl)nc2ccccc2c1-c1ccccc1)c1ccccc1. The van der Waals surface area contributed by atoms with Crippen molar-refractivity contribution in [2.45, 2.75) is 5.88 Å². The summed E-state index contributed by atoms with van der Waals surface area (Å²) >= 11 is 6.25. The van der Waals surface area contributed by atoms with Gasteiger partial charge < -0.3 is 4.90 Å². The fourth-order valence-electron chi connectivity index (χ4n) is 3.43. The molecule has 0 aliphatic heterocycles. The third-order valence-electron chi connectivity index (χ3n) is 4.82. The lowest BCUT2D eigenvalue weighted by atomic mass is 9.93. The topological polar surface area (TPSA) is 33.2 Å². The molecule has 3 aromatic carbocycles. The van der Waals surface area contributed by atoms with Crippen molar-refractivity contribution in [3.8, 4) is 11.1 Å². The lowest BCUT2D eigenvalue weighted by Crippen LogP contribution is -2.28. The molecule has 4 heteroatoms. The zero-order chi connectivity index (χ0) is 19.5.